The van der Waals surface area contributed by atoms with Gasteiger partial charge in [0, 0.05) is 13.0 Å². The SMILES string of the molecule is NCCCCNC(=O)CC1CCCCC1. The molecule has 3 heteroatoms. The fourth-order valence-electron chi connectivity index (χ4n) is 2.22. The van der Waals surface area contributed by atoms with Crippen molar-refractivity contribution in [2.45, 2.75) is 51.4 Å². The Morgan fingerprint density at radius 3 is 2.60 bits per heavy atom. The Morgan fingerprint density at radius 1 is 1.20 bits per heavy atom. The number of rotatable bonds is 6. The zero-order valence-corrected chi connectivity index (χ0v) is 9.63. The van der Waals surface area contributed by atoms with Crippen molar-refractivity contribution >= 4 is 5.91 Å². The van der Waals surface area contributed by atoms with Crippen molar-refractivity contribution in [3.8, 4) is 0 Å². The van der Waals surface area contributed by atoms with E-state index in [9.17, 15) is 4.79 Å². The van der Waals surface area contributed by atoms with Gasteiger partial charge < -0.3 is 11.1 Å². The highest BCUT2D eigenvalue weighted by Crippen LogP contribution is 2.25. The summed E-state index contributed by atoms with van der Waals surface area (Å²) < 4.78 is 0. The minimum Gasteiger partial charge on any atom is -0.356 e. The van der Waals surface area contributed by atoms with Crippen LogP contribution in [0.15, 0.2) is 0 Å². The van der Waals surface area contributed by atoms with E-state index in [-0.39, 0.29) is 5.91 Å². The molecule has 0 unspecified atom stereocenters. The van der Waals surface area contributed by atoms with E-state index in [1.807, 2.05) is 0 Å². The summed E-state index contributed by atoms with van der Waals surface area (Å²) in [5.41, 5.74) is 5.38. The molecule has 1 fully saturated rings. The van der Waals surface area contributed by atoms with Gasteiger partial charge in [-0.15, -0.1) is 0 Å². The van der Waals surface area contributed by atoms with Crippen LogP contribution in [0.2, 0.25) is 0 Å². The standard InChI is InChI=1S/C12H24N2O/c13-8-4-5-9-14-12(15)10-11-6-2-1-3-7-11/h11H,1-10,13H2,(H,14,15). The number of carbonyl (C=O) groups is 1. The van der Waals surface area contributed by atoms with E-state index in [0.717, 1.165) is 32.4 Å². The molecule has 0 aromatic carbocycles. The summed E-state index contributed by atoms with van der Waals surface area (Å²) in [6.45, 7) is 1.52. The van der Waals surface area contributed by atoms with Gasteiger partial charge in [0.2, 0.25) is 5.91 Å². The van der Waals surface area contributed by atoms with Crippen LogP contribution in [0.4, 0.5) is 0 Å². The van der Waals surface area contributed by atoms with Gasteiger partial charge in [0.15, 0.2) is 0 Å². The molecule has 0 aromatic heterocycles. The number of nitrogens with one attached hydrogen (secondary N) is 1. The van der Waals surface area contributed by atoms with Crippen molar-refractivity contribution < 1.29 is 4.79 Å². The molecule has 0 spiro atoms. The third-order valence-corrected chi connectivity index (χ3v) is 3.15. The smallest absolute Gasteiger partial charge is 0.220 e. The number of hydrogen-bond donors (Lipinski definition) is 2. The molecule has 1 amide bonds. The van der Waals surface area contributed by atoms with E-state index in [2.05, 4.69) is 5.32 Å². The molecule has 1 aliphatic rings. The number of hydrogen-bond acceptors (Lipinski definition) is 2. The van der Waals surface area contributed by atoms with E-state index < -0.39 is 0 Å². The summed E-state index contributed by atoms with van der Waals surface area (Å²) >= 11 is 0. The molecule has 3 N–H and O–H groups in total. The molecule has 88 valence electrons. The van der Waals surface area contributed by atoms with E-state index in [4.69, 9.17) is 5.73 Å². The Labute approximate surface area is 92.8 Å². The van der Waals surface area contributed by atoms with Gasteiger partial charge in [0.1, 0.15) is 0 Å². The maximum atomic E-state index is 11.5. The van der Waals surface area contributed by atoms with Crippen molar-refractivity contribution in [1.29, 1.82) is 0 Å². The Bertz CT molecular complexity index is 176. The minimum atomic E-state index is 0.235. The third-order valence-electron chi connectivity index (χ3n) is 3.15. The van der Waals surface area contributed by atoms with Crippen molar-refractivity contribution in [2.75, 3.05) is 13.1 Å². The topological polar surface area (TPSA) is 55.1 Å². The molecule has 0 radical (unpaired) electrons. The largest absolute Gasteiger partial charge is 0.356 e. The van der Waals surface area contributed by atoms with Crippen LogP contribution in [0, 0.1) is 5.92 Å². The van der Waals surface area contributed by atoms with Gasteiger partial charge in [0.05, 0.1) is 0 Å². The lowest BCUT2D eigenvalue weighted by Gasteiger charge is -2.20. The summed E-state index contributed by atoms with van der Waals surface area (Å²) in [4.78, 5) is 11.5. The zero-order valence-electron chi connectivity index (χ0n) is 9.63. The molecule has 0 bridgehead atoms. The second-order valence-corrected chi connectivity index (χ2v) is 4.55. The summed E-state index contributed by atoms with van der Waals surface area (Å²) in [5, 5.41) is 2.97. The zero-order chi connectivity index (χ0) is 10.9. The van der Waals surface area contributed by atoms with Crippen LogP contribution in [0.3, 0.4) is 0 Å². The first-order chi connectivity index (χ1) is 7.33. The average molecular weight is 212 g/mol. The minimum absolute atomic E-state index is 0.235. The lowest BCUT2D eigenvalue weighted by atomic mass is 9.87. The van der Waals surface area contributed by atoms with Crippen molar-refractivity contribution in [3.63, 3.8) is 0 Å². The quantitative estimate of drug-likeness (QED) is 0.660. The van der Waals surface area contributed by atoms with Crippen LogP contribution >= 0.6 is 0 Å². The Kier molecular flexibility index (Phi) is 6.41. The van der Waals surface area contributed by atoms with Crippen molar-refractivity contribution in [1.82, 2.24) is 5.32 Å². The molecular weight excluding hydrogens is 188 g/mol. The lowest BCUT2D eigenvalue weighted by Crippen LogP contribution is -2.27. The van der Waals surface area contributed by atoms with Gasteiger partial charge in [-0.3, -0.25) is 4.79 Å². The maximum Gasteiger partial charge on any atom is 0.220 e. The summed E-state index contributed by atoms with van der Waals surface area (Å²) in [5.74, 6) is 0.882. The molecule has 0 atom stereocenters. The first kappa shape index (κ1) is 12.5. The predicted molar refractivity (Wildman–Crippen MR) is 62.5 cm³/mol. The van der Waals surface area contributed by atoms with E-state index in [1.54, 1.807) is 0 Å². The van der Waals surface area contributed by atoms with Crippen LogP contribution < -0.4 is 11.1 Å². The van der Waals surface area contributed by atoms with E-state index in [1.165, 1.54) is 32.1 Å². The number of nitrogens with two attached hydrogens (primary N) is 1. The second-order valence-electron chi connectivity index (χ2n) is 4.55. The van der Waals surface area contributed by atoms with Gasteiger partial charge >= 0.3 is 0 Å². The molecule has 3 nitrogen and oxygen atoms in total. The van der Waals surface area contributed by atoms with Crippen molar-refractivity contribution in [3.05, 3.63) is 0 Å². The number of unbranched alkanes of at least 4 members (excludes halogenated alkanes) is 1. The first-order valence-electron chi connectivity index (χ1n) is 6.29. The molecule has 0 saturated heterocycles. The molecule has 1 aliphatic carbocycles. The fraction of sp³-hybridized carbons (Fsp3) is 0.917. The van der Waals surface area contributed by atoms with Crippen LogP contribution in [0.1, 0.15) is 51.4 Å². The first-order valence-corrected chi connectivity index (χ1v) is 6.29. The molecule has 0 aliphatic heterocycles. The molecule has 1 saturated carbocycles. The van der Waals surface area contributed by atoms with Crippen LogP contribution in [-0.4, -0.2) is 19.0 Å². The fourth-order valence-corrected chi connectivity index (χ4v) is 2.22. The van der Waals surface area contributed by atoms with Gasteiger partial charge in [-0.25, -0.2) is 0 Å². The monoisotopic (exact) mass is 212 g/mol. The highest BCUT2D eigenvalue weighted by Gasteiger charge is 2.16. The summed E-state index contributed by atoms with van der Waals surface area (Å²) in [6, 6.07) is 0. The third kappa shape index (κ3) is 5.78. The average Bonchev–Trinajstić information content (AvgIpc) is 2.26. The molecular formula is C12H24N2O. The normalized spacial score (nSPS) is 17.7. The van der Waals surface area contributed by atoms with Gasteiger partial charge in [-0.05, 0) is 38.1 Å². The predicted octanol–water partition coefficient (Wildman–Crippen LogP) is 1.81. The highest BCUT2D eigenvalue weighted by molar-refractivity contribution is 5.76. The van der Waals surface area contributed by atoms with Gasteiger partial charge in [-0.2, -0.15) is 0 Å². The second kappa shape index (κ2) is 7.69. The van der Waals surface area contributed by atoms with Crippen LogP contribution in [-0.2, 0) is 4.79 Å². The van der Waals surface area contributed by atoms with Gasteiger partial charge in [0.25, 0.3) is 0 Å². The lowest BCUT2D eigenvalue weighted by molar-refractivity contribution is -0.122. The van der Waals surface area contributed by atoms with Crippen molar-refractivity contribution in [2.24, 2.45) is 11.7 Å². The molecule has 0 heterocycles. The molecule has 0 aromatic rings. The van der Waals surface area contributed by atoms with E-state index >= 15 is 0 Å². The highest BCUT2D eigenvalue weighted by atomic mass is 16.1. The number of amides is 1. The number of carbonyl (C=O) groups excluding carboxylic acids is 1. The summed E-state index contributed by atoms with van der Waals surface area (Å²) in [6.07, 6.45) is 9.22. The summed E-state index contributed by atoms with van der Waals surface area (Å²) in [7, 11) is 0. The van der Waals surface area contributed by atoms with E-state index in [0.29, 0.717) is 5.92 Å². The Hall–Kier alpha value is -0.570. The molecule has 15 heavy (non-hydrogen) atoms. The van der Waals surface area contributed by atoms with Crippen LogP contribution in [0.25, 0.3) is 0 Å². The Morgan fingerprint density at radius 2 is 1.93 bits per heavy atom. The van der Waals surface area contributed by atoms with Crippen LogP contribution in [0.5, 0.6) is 0 Å². The van der Waals surface area contributed by atoms with Gasteiger partial charge in [-0.1, -0.05) is 19.3 Å². The Balaban J connectivity index is 2.01. The molecule has 1 rings (SSSR count). The maximum absolute atomic E-state index is 11.5.